The summed E-state index contributed by atoms with van der Waals surface area (Å²) in [6, 6.07) is 20.4. The Labute approximate surface area is 131 Å². The fourth-order valence-electron chi connectivity index (χ4n) is 2.45. The van der Waals surface area contributed by atoms with Crippen LogP contribution in [-0.2, 0) is 6.42 Å². The molecule has 0 aliphatic rings. The second-order valence-corrected chi connectivity index (χ2v) is 5.13. The molecule has 3 rings (SSSR count). The molecule has 0 spiro atoms. The molecule has 3 aromatic rings. The highest BCUT2D eigenvalue weighted by Crippen LogP contribution is 2.31. The Hall–Kier alpha value is -2.68. The molecule has 3 nitrogen and oxygen atoms in total. The van der Waals surface area contributed by atoms with Crippen molar-refractivity contribution in [3.63, 3.8) is 0 Å². The third kappa shape index (κ3) is 3.14. The molecule has 1 aromatic carbocycles. The van der Waals surface area contributed by atoms with Crippen molar-refractivity contribution in [2.24, 2.45) is 0 Å². The van der Waals surface area contributed by atoms with Crippen molar-refractivity contribution in [2.45, 2.75) is 19.8 Å². The number of benzene rings is 1. The highest BCUT2D eigenvalue weighted by Gasteiger charge is 2.13. The van der Waals surface area contributed by atoms with Crippen LogP contribution in [0, 0.1) is 0 Å². The van der Waals surface area contributed by atoms with Gasteiger partial charge in [-0.25, -0.2) is 9.97 Å². The molecule has 3 heteroatoms. The van der Waals surface area contributed by atoms with Crippen LogP contribution in [0.25, 0.3) is 0 Å². The summed E-state index contributed by atoms with van der Waals surface area (Å²) in [5.74, 6) is 1.73. The van der Waals surface area contributed by atoms with Crippen LogP contribution >= 0.6 is 0 Å². The van der Waals surface area contributed by atoms with Crippen LogP contribution in [0.15, 0.2) is 73.1 Å². The van der Waals surface area contributed by atoms with E-state index in [0.717, 1.165) is 30.2 Å². The van der Waals surface area contributed by atoms with Crippen molar-refractivity contribution in [3.8, 4) is 0 Å². The molecule has 0 saturated carbocycles. The normalized spacial score (nSPS) is 10.4. The largest absolute Gasteiger partial charge is 0.279 e. The predicted molar refractivity (Wildman–Crippen MR) is 90.7 cm³/mol. The van der Waals surface area contributed by atoms with Gasteiger partial charge in [-0.2, -0.15) is 0 Å². The average molecular weight is 289 g/mol. The number of rotatable bonds is 5. The van der Waals surface area contributed by atoms with E-state index < -0.39 is 0 Å². The van der Waals surface area contributed by atoms with E-state index in [0.29, 0.717) is 0 Å². The summed E-state index contributed by atoms with van der Waals surface area (Å²) in [7, 11) is 0. The fraction of sp³-hybridized carbons (Fsp3) is 0.158. The van der Waals surface area contributed by atoms with E-state index in [9.17, 15) is 0 Å². The third-order valence-corrected chi connectivity index (χ3v) is 3.49. The van der Waals surface area contributed by atoms with E-state index in [4.69, 9.17) is 0 Å². The zero-order chi connectivity index (χ0) is 15.2. The van der Waals surface area contributed by atoms with Crippen LogP contribution in [0.5, 0.6) is 0 Å². The van der Waals surface area contributed by atoms with Gasteiger partial charge in [0.15, 0.2) is 0 Å². The summed E-state index contributed by atoms with van der Waals surface area (Å²) in [5, 5.41) is 0. The maximum Gasteiger partial charge on any atom is 0.138 e. The van der Waals surface area contributed by atoms with Gasteiger partial charge in [0.2, 0.25) is 0 Å². The standard InChI is InChI=1S/C19H19N3/c1-2-7-16-10-12-17(13-11-16)22(18-8-3-5-14-20-18)19-9-4-6-15-21-19/h3-6,8-15H,2,7H2,1H3. The molecule has 2 heterocycles. The van der Waals surface area contributed by atoms with Crippen LogP contribution in [0.2, 0.25) is 0 Å². The van der Waals surface area contributed by atoms with Crippen LogP contribution in [0.3, 0.4) is 0 Å². The smallest absolute Gasteiger partial charge is 0.138 e. The van der Waals surface area contributed by atoms with Gasteiger partial charge in [0, 0.05) is 18.1 Å². The van der Waals surface area contributed by atoms with Gasteiger partial charge in [0.1, 0.15) is 11.6 Å². The Morgan fingerprint density at radius 2 is 1.36 bits per heavy atom. The van der Waals surface area contributed by atoms with E-state index >= 15 is 0 Å². The van der Waals surface area contributed by atoms with Crippen LogP contribution in [-0.4, -0.2) is 9.97 Å². The van der Waals surface area contributed by atoms with Gasteiger partial charge in [-0.15, -0.1) is 0 Å². The molecular formula is C19H19N3. The molecule has 22 heavy (non-hydrogen) atoms. The summed E-state index contributed by atoms with van der Waals surface area (Å²) >= 11 is 0. The zero-order valence-corrected chi connectivity index (χ0v) is 12.7. The van der Waals surface area contributed by atoms with Gasteiger partial charge >= 0.3 is 0 Å². The van der Waals surface area contributed by atoms with Crippen molar-refractivity contribution < 1.29 is 0 Å². The van der Waals surface area contributed by atoms with E-state index in [1.54, 1.807) is 12.4 Å². The van der Waals surface area contributed by atoms with Crippen molar-refractivity contribution in [1.29, 1.82) is 0 Å². The molecule has 110 valence electrons. The molecule has 2 aromatic heterocycles. The monoisotopic (exact) mass is 289 g/mol. The molecule has 0 bridgehead atoms. The molecule has 0 atom stereocenters. The highest BCUT2D eigenvalue weighted by molar-refractivity contribution is 5.71. The number of aryl methyl sites for hydroxylation is 1. The quantitative estimate of drug-likeness (QED) is 0.669. The number of hydrogen-bond acceptors (Lipinski definition) is 3. The van der Waals surface area contributed by atoms with Crippen LogP contribution < -0.4 is 4.90 Å². The van der Waals surface area contributed by atoms with E-state index in [2.05, 4.69) is 46.1 Å². The first-order chi connectivity index (χ1) is 10.9. The SMILES string of the molecule is CCCc1ccc(N(c2ccccn2)c2ccccn2)cc1. The Morgan fingerprint density at radius 3 is 1.82 bits per heavy atom. The first kappa shape index (κ1) is 14.3. The van der Waals surface area contributed by atoms with Crippen LogP contribution in [0.4, 0.5) is 17.3 Å². The van der Waals surface area contributed by atoms with Gasteiger partial charge in [0.25, 0.3) is 0 Å². The lowest BCUT2D eigenvalue weighted by molar-refractivity contribution is 0.921. The molecule has 0 radical (unpaired) electrons. The number of aromatic nitrogens is 2. The summed E-state index contributed by atoms with van der Waals surface area (Å²) in [6.45, 7) is 2.20. The van der Waals surface area contributed by atoms with E-state index in [1.165, 1.54) is 5.56 Å². The summed E-state index contributed by atoms with van der Waals surface area (Å²) < 4.78 is 0. The first-order valence-electron chi connectivity index (χ1n) is 7.59. The Bertz CT molecular complexity index is 654. The third-order valence-electron chi connectivity index (χ3n) is 3.49. The number of anilines is 3. The summed E-state index contributed by atoms with van der Waals surface area (Å²) in [6.07, 6.45) is 5.87. The fourth-order valence-corrected chi connectivity index (χ4v) is 2.45. The maximum atomic E-state index is 4.48. The van der Waals surface area contributed by atoms with Gasteiger partial charge < -0.3 is 0 Å². The lowest BCUT2D eigenvalue weighted by Crippen LogP contribution is -2.12. The Kier molecular flexibility index (Phi) is 4.44. The maximum absolute atomic E-state index is 4.48. The predicted octanol–water partition coefficient (Wildman–Crippen LogP) is 4.90. The highest BCUT2D eigenvalue weighted by atomic mass is 15.2. The summed E-state index contributed by atoms with van der Waals surface area (Å²) in [4.78, 5) is 11.0. The van der Waals surface area contributed by atoms with Gasteiger partial charge in [0.05, 0.1) is 0 Å². The molecular weight excluding hydrogens is 270 g/mol. The lowest BCUT2D eigenvalue weighted by atomic mass is 10.1. The van der Waals surface area contributed by atoms with Gasteiger partial charge in [-0.1, -0.05) is 37.6 Å². The minimum atomic E-state index is 0.865. The second-order valence-electron chi connectivity index (χ2n) is 5.13. The zero-order valence-electron chi connectivity index (χ0n) is 12.7. The van der Waals surface area contributed by atoms with Gasteiger partial charge in [-0.3, -0.25) is 4.90 Å². The average Bonchev–Trinajstić information content (AvgIpc) is 2.59. The molecule has 0 amide bonds. The molecule has 0 N–H and O–H groups in total. The number of pyridine rings is 2. The second kappa shape index (κ2) is 6.85. The van der Waals surface area contributed by atoms with E-state index in [-0.39, 0.29) is 0 Å². The molecule has 0 unspecified atom stereocenters. The molecule has 0 saturated heterocycles. The summed E-state index contributed by atoms with van der Waals surface area (Å²) in [5.41, 5.74) is 2.42. The lowest BCUT2D eigenvalue weighted by Gasteiger charge is -2.23. The van der Waals surface area contributed by atoms with Crippen molar-refractivity contribution >= 4 is 17.3 Å². The minimum absolute atomic E-state index is 0.865. The molecule has 0 aliphatic carbocycles. The Morgan fingerprint density at radius 1 is 0.773 bits per heavy atom. The first-order valence-corrected chi connectivity index (χ1v) is 7.59. The number of nitrogens with zero attached hydrogens (tertiary/aromatic N) is 3. The van der Waals surface area contributed by atoms with Crippen molar-refractivity contribution in [1.82, 2.24) is 9.97 Å². The number of hydrogen-bond donors (Lipinski definition) is 0. The molecule has 0 fully saturated rings. The Balaban J connectivity index is 2.02. The topological polar surface area (TPSA) is 29.0 Å². The van der Waals surface area contributed by atoms with Crippen molar-refractivity contribution in [3.05, 3.63) is 78.6 Å². The van der Waals surface area contributed by atoms with Crippen molar-refractivity contribution in [2.75, 3.05) is 4.90 Å². The van der Waals surface area contributed by atoms with E-state index in [1.807, 2.05) is 36.4 Å². The van der Waals surface area contributed by atoms with Crippen LogP contribution in [0.1, 0.15) is 18.9 Å². The molecule has 0 aliphatic heterocycles. The minimum Gasteiger partial charge on any atom is -0.279 e. The van der Waals surface area contributed by atoms with Gasteiger partial charge in [-0.05, 0) is 48.4 Å².